The summed E-state index contributed by atoms with van der Waals surface area (Å²) in [6.07, 6.45) is 0. The molecule has 4 rings (SSSR count). The second-order valence-electron chi connectivity index (χ2n) is 7.15. The summed E-state index contributed by atoms with van der Waals surface area (Å²) in [5.74, 6) is 0.773. The number of aromatic nitrogens is 1. The lowest BCUT2D eigenvalue weighted by Crippen LogP contribution is -2.35. The number of ether oxygens (including phenoxy) is 1. The zero-order chi connectivity index (χ0) is 23.3. The summed E-state index contributed by atoms with van der Waals surface area (Å²) in [6, 6.07) is 24.4. The lowest BCUT2D eigenvalue weighted by molar-refractivity contribution is 0.256. The van der Waals surface area contributed by atoms with Crippen molar-refractivity contribution in [1.29, 1.82) is 0 Å². The zero-order valence-electron chi connectivity index (χ0n) is 17.7. The number of aryl methyl sites for hydroxylation is 1. The molecule has 168 valence electrons. The van der Waals surface area contributed by atoms with E-state index in [0.29, 0.717) is 27.8 Å². The number of sulfonamides is 1. The maximum atomic E-state index is 12.6. The van der Waals surface area contributed by atoms with Crippen LogP contribution in [0.4, 0.5) is 9.80 Å². The molecule has 3 aromatic carbocycles. The first kappa shape index (κ1) is 22.5. The standard InChI is InChI=1S/C24H21N3O4S2/c1-17-25-22(19-10-4-2-5-11-19)23(32-17)26-24(28)27-33(29,30)16-18-9-8-14-21(15-18)31-20-12-6-3-7-13-20/h2-15H,16H2,1H3,(H2,26,27,28). The molecule has 0 atom stereocenters. The molecule has 0 aliphatic heterocycles. The monoisotopic (exact) mass is 479 g/mol. The van der Waals surface area contributed by atoms with Crippen LogP contribution in [0.5, 0.6) is 11.5 Å². The average Bonchev–Trinajstić information content (AvgIpc) is 3.14. The molecule has 33 heavy (non-hydrogen) atoms. The van der Waals surface area contributed by atoms with Gasteiger partial charge in [0.25, 0.3) is 0 Å². The molecule has 0 radical (unpaired) electrons. The third kappa shape index (κ3) is 6.18. The van der Waals surface area contributed by atoms with Crippen LogP contribution < -0.4 is 14.8 Å². The van der Waals surface area contributed by atoms with Crippen molar-refractivity contribution in [2.24, 2.45) is 0 Å². The normalized spacial score (nSPS) is 11.1. The lowest BCUT2D eigenvalue weighted by Gasteiger charge is -2.10. The number of amides is 2. The molecule has 9 heteroatoms. The van der Waals surface area contributed by atoms with Crippen LogP contribution >= 0.6 is 11.3 Å². The van der Waals surface area contributed by atoms with Crippen LogP contribution in [0.2, 0.25) is 0 Å². The quantitative estimate of drug-likeness (QED) is 0.362. The SMILES string of the molecule is Cc1nc(-c2ccccc2)c(NC(=O)NS(=O)(=O)Cc2cccc(Oc3ccccc3)c2)s1. The van der Waals surface area contributed by atoms with Gasteiger partial charge in [0.15, 0.2) is 0 Å². The Hall–Kier alpha value is -3.69. The molecule has 0 unspecified atom stereocenters. The van der Waals surface area contributed by atoms with Gasteiger partial charge in [0.1, 0.15) is 22.2 Å². The highest BCUT2D eigenvalue weighted by molar-refractivity contribution is 7.89. The highest BCUT2D eigenvalue weighted by Gasteiger charge is 2.19. The van der Waals surface area contributed by atoms with E-state index in [0.717, 1.165) is 10.6 Å². The fourth-order valence-corrected chi connectivity index (χ4v) is 5.01. The van der Waals surface area contributed by atoms with Crippen LogP contribution in [-0.2, 0) is 15.8 Å². The second kappa shape index (κ2) is 9.85. The van der Waals surface area contributed by atoms with Crippen LogP contribution in [0.25, 0.3) is 11.3 Å². The summed E-state index contributed by atoms with van der Waals surface area (Å²) in [6.45, 7) is 1.82. The Morgan fingerprint density at radius 2 is 1.61 bits per heavy atom. The van der Waals surface area contributed by atoms with Gasteiger partial charge in [0.2, 0.25) is 10.0 Å². The molecule has 4 aromatic rings. The number of benzene rings is 3. The zero-order valence-corrected chi connectivity index (χ0v) is 19.3. The van der Waals surface area contributed by atoms with Crippen molar-refractivity contribution >= 4 is 32.4 Å². The van der Waals surface area contributed by atoms with E-state index < -0.39 is 16.1 Å². The summed E-state index contributed by atoms with van der Waals surface area (Å²) >= 11 is 1.28. The van der Waals surface area contributed by atoms with Gasteiger partial charge >= 0.3 is 6.03 Å². The molecule has 0 saturated heterocycles. The fourth-order valence-electron chi connectivity index (χ4n) is 3.15. The van der Waals surface area contributed by atoms with Crippen molar-refractivity contribution in [2.45, 2.75) is 12.7 Å². The number of urea groups is 1. The van der Waals surface area contributed by atoms with E-state index >= 15 is 0 Å². The van der Waals surface area contributed by atoms with E-state index in [1.807, 2.05) is 55.5 Å². The van der Waals surface area contributed by atoms with Crippen LogP contribution in [0.1, 0.15) is 10.6 Å². The van der Waals surface area contributed by atoms with Crippen molar-refractivity contribution < 1.29 is 17.9 Å². The highest BCUT2D eigenvalue weighted by Crippen LogP contribution is 2.32. The molecule has 0 aliphatic carbocycles. The Bertz CT molecular complexity index is 1350. The number of nitrogens with zero attached hydrogens (tertiary/aromatic N) is 1. The van der Waals surface area contributed by atoms with E-state index in [1.165, 1.54) is 11.3 Å². The van der Waals surface area contributed by atoms with Crippen LogP contribution in [0.3, 0.4) is 0 Å². The predicted molar refractivity (Wildman–Crippen MR) is 130 cm³/mol. The molecular weight excluding hydrogens is 458 g/mol. The number of para-hydroxylation sites is 1. The summed E-state index contributed by atoms with van der Waals surface area (Å²) in [7, 11) is -3.95. The van der Waals surface area contributed by atoms with Gasteiger partial charge in [-0.25, -0.2) is 22.9 Å². The summed E-state index contributed by atoms with van der Waals surface area (Å²) in [5.41, 5.74) is 1.91. The molecule has 1 heterocycles. The number of hydrogen-bond acceptors (Lipinski definition) is 6. The highest BCUT2D eigenvalue weighted by atomic mass is 32.2. The lowest BCUT2D eigenvalue weighted by atomic mass is 10.2. The van der Waals surface area contributed by atoms with Gasteiger partial charge < -0.3 is 4.74 Å². The summed E-state index contributed by atoms with van der Waals surface area (Å²) < 4.78 is 33.0. The van der Waals surface area contributed by atoms with Crippen molar-refractivity contribution in [1.82, 2.24) is 9.71 Å². The molecule has 0 aliphatic rings. The molecule has 0 bridgehead atoms. The Kier molecular flexibility index (Phi) is 6.71. The minimum atomic E-state index is -3.95. The molecule has 7 nitrogen and oxygen atoms in total. The van der Waals surface area contributed by atoms with Crippen LogP contribution in [0.15, 0.2) is 84.9 Å². The van der Waals surface area contributed by atoms with Crippen LogP contribution in [-0.4, -0.2) is 19.4 Å². The van der Waals surface area contributed by atoms with Gasteiger partial charge in [-0.2, -0.15) is 0 Å². The Balaban J connectivity index is 1.43. The van der Waals surface area contributed by atoms with Gasteiger partial charge in [-0.15, -0.1) is 11.3 Å². The van der Waals surface area contributed by atoms with Crippen molar-refractivity contribution in [2.75, 3.05) is 5.32 Å². The fraction of sp³-hybridized carbons (Fsp3) is 0.0833. The van der Waals surface area contributed by atoms with Gasteiger partial charge in [0.05, 0.1) is 10.8 Å². The maximum absolute atomic E-state index is 12.6. The third-order valence-electron chi connectivity index (χ3n) is 4.49. The molecule has 0 spiro atoms. The van der Waals surface area contributed by atoms with Crippen molar-refractivity contribution in [3.8, 4) is 22.8 Å². The number of hydrogen-bond donors (Lipinski definition) is 2. The van der Waals surface area contributed by atoms with Crippen LogP contribution in [0, 0.1) is 6.92 Å². The van der Waals surface area contributed by atoms with Gasteiger partial charge in [0, 0.05) is 5.56 Å². The van der Waals surface area contributed by atoms with Gasteiger partial charge in [-0.3, -0.25) is 5.32 Å². The van der Waals surface area contributed by atoms with E-state index in [4.69, 9.17) is 4.74 Å². The second-order valence-corrected chi connectivity index (χ2v) is 10.1. The topological polar surface area (TPSA) is 97.4 Å². The number of nitrogens with one attached hydrogen (secondary N) is 2. The summed E-state index contributed by atoms with van der Waals surface area (Å²) in [5, 5.41) is 3.85. The molecule has 2 N–H and O–H groups in total. The van der Waals surface area contributed by atoms with E-state index in [2.05, 4.69) is 15.0 Å². The Morgan fingerprint density at radius 1 is 0.939 bits per heavy atom. The number of rotatable bonds is 7. The van der Waals surface area contributed by atoms with Crippen molar-refractivity contribution in [3.63, 3.8) is 0 Å². The molecule has 0 saturated carbocycles. The number of carbonyl (C=O) groups is 1. The summed E-state index contributed by atoms with van der Waals surface area (Å²) in [4.78, 5) is 16.9. The number of thiazole rings is 1. The third-order valence-corrected chi connectivity index (χ3v) is 6.59. The molecule has 1 aromatic heterocycles. The minimum absolute atomic E-state index is 0.375. The number of carbonyl (C=O) groups excluding carboxylic acids is 1. The minimum Gasteiger partial charge on any atom is -0.457 e. The first-order chi connectivity index (χ1) is 15.9. The average molecular weight is 480 g/mol. The molecular formula is C24H21N3O4S2. The van der Waals surface area contributed by atoms with Gasteiger partial charge in [-0.05, 0) is 36.8 Å². The Labute approximate surface area is 196 Å². The van der Waals surface area contributed by atoms with E-state index in [-0.39, 0.29) is 5.75 Å². The smallest absolute Gasteiger partial charge is 0.333 e. The van der Waals surface area contributed by atoms with Gasteiger partial charge in [-0.1, -0.05) is 60.7 Å². The van der Waals surface area contributed by atoms with Crippen molar-refractivity contribution in [3.05, 3.63) is 95.5 Å². The van der Waals surface area contributed by atoms with E-state index in [1.54, 1.807) is 36.4 Å². The maximum Gasteiger partial charge on any atom is 0.333 e. The predicted octanol–water partition coefficient (Wildman–Crippen LogP) is 5.56. The number of anilines is 1. The van der Waals surface area contributed by atoms with E-state index in [9.17, 15) is 13.2 Å². The Morgan fingerprint density at radius 3 is 2.33 bits per heavy atom. The largest absolute Gasteiger partial charge is 0.457 e. The first-order valence-electron chi connectivity index (χ1n) is 10.0. The molecule has 0 fully saturated rings. The molecule has 2 amide bonds. The first-order valence-corrected chi connectivity index (χ1v) is 12.5.